The fourth-order valence-electron chi connectivity index (χ4n) is 4.34. The molecule has 8 nitrogen and oxygen atoms in total. The van der Waals surface area contributed by atoms with Gasteiger partial charge in [0.2, 0.25) is 5.95 Å². The number of amides is 1. The average molecular weight is 444 g/mol. The van der Waals surface area contributed by atoms with Gasteiger partial charge in [-0.15, -0.1) is 0 Å². The van der Waals surface area contributed by atoms with Gasteiger partial charge >= 0.3 is 0 Å². The van der Waals surface area contributed by atoms with Crippen LogP contribution in [0.25, 0.3) is 0 Å². The maximum absolute atomic E-state index is 12.7. The van der Waals surface area contributed by atoms with E-state index in [1.165, 1.54) is 12.5 Å². The highest BCUT2D eigenvalue weighted by atomic mass is 32.2. The molecule has 0 aliphatic carbocycles. The van der Waals surface area contributed by atoms with E-state index in [9.17, 15) is 13.2 Å². The summed E-state index contributed by atoms with van der Waals surface area (Å²) in [5, 5.41) is 0. The molecule has 2 aliphatic heterocycles. The largest absolute Gasteiger partial charge is 0.341 e. The first-order chi connectivity index (χ1) is 14.8. The lowest BCUT2D eigenvalue weighted by molar-refractivity contribution is 0.0711. The van der Waals surface area contributed by atoms with E-state index in [1.807, 2.05) is 4.90 Å². The van der Waals surface area contributed by atoms with Crippen LogP contribution in [0.1, 0.15) is 54.6 Å². The molecule has 0 unspecified atom stereocenters. The molecule has 9 heteroatoms. The number of rotatable bonds is 4. The van der Waals surface area contributed by atoms with Gasteiger partial charge in [-0.05, 0) is 43.7 Å². The zero-order valence-corrected chi connectivity index (χ0v) is 18.9. The minimum atomic E-state index is -3.44. The number of hydrogen-bond donors (Lipinski definition) is 0. The second-order valence-corrected chi connectivity index (χ2v) is 10.7. The molecule has 0 aromatic carbocycles. The van der Waals surface area contributed by atoms with Crippen molar-refractivity contribution >= 4 is 21.7 Å². The molecule has 2 fully saturated rings. The first-order valence-electron chi connectivity index (χ1n) is 10.8. The Labute approximate surface area is 183 Å². The molecule has 2 aromatic rings. The fourth-order valence-corrected chi connectivity index (χ4v) is 5.18. The summed E-state index contributed by atoms with van der Waals surface area (Å²) in [6, 6.07) is 3.52. The van der Waals surface area contributed by atoms with Crippen LogP contribution in [0.2, 0.25) is 0 Å². The molecular weight excluding hydrogens is 414 g/mol. The quantitative estimate of drug-likeness (QED) is 0.716. The number of nitrogens with zero attached hydrogens (tertiary/aromatic N) is 5. The summed E-state index contributed by atoms with van der Waals surface area (Å²) >= 11 is 0. The molecular formula is C22H29N5O3S. The zero-order chi connectivity index (χ0) is 22.0. The summed E-state index contributed by atoms with van der Waals surface area (Å²) in [7, 11) is -3.44. The summed E-state index contributed by atoms with van der Waals surface area (Å²) < 4.78 is 24.8. The predicted octanol–water partition coefficient (Wildman–Crippen LogP) is 2.53. The number of piperidine rings is 2. The minimum Gasteiger partial charge on any atom is -0.341 e. The lowest BCUT2D eigenvalue weighted by Gasteiger charge is -2.33. The average Bonchev–Trinajstić information content (AvgIpc) is 2.79. The van der Waals surface area contributed by atoms with Crippen LogP contribution in [-0.4, -0.2) is 66.6 Å². The summed E-state index contributed by atoms with van der Waals surface area (Å²) in [6.07, 6.45) is 9.40. The number of anilines is 1. The number of carbonyl (C=O) groups is 1. The van der Waals surface area contributed by atoms with Crippen molar-refractivity contribution < 1.29 is 13.2 Å². The lowest BCUT2D eigenvalue weighted by Crippen LogP contribution is -2.38. The van der Waals surface area contributed by atoms with Gasteiger partial charge in [0.1, 0.15) is 4.90 Å². The van der Waals surface area contributed by atoms with Gasteiger partial charge in [-0.2, -0.15) is 0 Å². The fraction of sp³-hybridized carbons (Fsp3) is 0.545. The Hall–Kier alpha value is -2.55. The number of sulfone groups is 1. The maximum Gasteiger partial charge on any atom is 0.255 e. The number of hydrogen-bond acceptors (Lipinski definition) is 7. The van der Waals surface area contributed by atoms with E-state index in [4.69, 9.17) is 4.98 Å². The van der Waals surface area contributed by atoms with Crippen LogP contribution in [0.4, 0.5) is 5.95 Å². The third kappa shape index (κ3) is 4.87. The summed E-state index contributed by atoms with van der Waals surface area (Å²) in [5.74, 6) is 1.24. The number of aromatic nitrogens is 3. The standard InChI is InChI=1S/C22H29N5O3S/c1-16-5-10-27(11-6-16)22-24-15-19(31(2,29)30)20(25-22)17-7-12-26(13-8-17)21(28)18-4-3-9-23-14-18/h3-4,9,14-17H,5-8,10-13H2,1-2H3. The highest BCUT2D eigenvalue weighted by Gasteiger charge is 2.30. The van der Waals surface area contributed by atoms with E-state index in [1.54, 1.807) is 24.5 Å². The summed E-state index contributed by atoms with van der Waals surface area (Å²) in [4.78, 5) is 30.1. The van der Waals surface area contributed by atoms with Crippen molar-refractivity contribution in [2.75, 3.05) is 37.3 Å². The molecule has 1 amide bonds. The minimum absolute atomic E-state index is 0.0202. The zero-order valence-electron chi connectivity index (χ0n) is 18.1. The van der Waals surface area contributed by atoms with Crippen molar-refractivity contribution in [1.29, 1.82) is 0 Å². The Kier molecular flexibility index (Phi) is 6.22. The van der Waals surface area contributed by atoms with Crippen molar-refractivity contribution in [3.05, 3.63) is 42.0 Å². The topological polar surface area (TPSA) is 96.4 Å². The van der Waals surface area contributed by atoms with E-state index in [2.05, 4.69) is 21.8 Å². The predicted molar refractivity (Wildman–Crippen MR) is 118 cm³/mol. The Morgan fingerprint density at radius 3 is 2.39 bits per heavy atom. The first kappa shape index (κ1) is 21.7. The maximum atomic E-state index is 12.7. The van der Waals surface area contributed by atoms with Gasteiger partial charge in [0, 0.05) is 50.7 Å². The van der Waals surface area contributed by atoms with Gasteiger partial charge in [-0.1, -0.05) is 6.92 Å². The van der Waals surface area contributed by atoms with Crippen LogP contribution in [0, 0.1) is 5.92 Å². The van der Waals surface area contributed by atoms with Gasteiger partial charge in [0.15, 0.2) is 9.84 Å². The van der Waals surface area contributed by atoms with E-state index < -0.39 is 9.84 Å². The molecule has 31 heavy (non-hydrogen) atoms. The molecule has 0 atom stereocenters. The third-order valence-corrected chi connectivity index (χ3v) is 7.43. The van der Waals surface area contributed by atoms with Crippen LogP contribution in [0.15, 0.2) is 35.6 Å². The lowest BCUT2D eigenvalue weighted by atomic mass is 9.93. The smallest absolute Gasteiger partial charge is 0.255 e. The normalized spacial score (nSPS) is 18.9. The summed E-state index contributed by atoms with van der Waals surface area (Å²) in [5.41, 5.74) is 1.17. The van der Waals surface area contributed by atoms with Gasteiger partial charge < -0.3 is 9.80 Å². The molecule has 0 saturated carbocycles. The van der Waals surface area contributed by atoms with Crippen molar-refractivity contribution in [2.24, 2.45) is 5.92 Å². The molecule has 2 aromatic heterocycles. The van der Waals surface area contributed by atoms with Crippen LogP contribution >= 0.6 is 0 Å². The molecule has 0 radical (unpaired) electrons. The van der Waals surface area contributed by atoms with Crippen LogP contribution in [0.3, 0.4) is 0 Å². The monoisotopic (exact) mass is 443 g/mol. The Balaban J connectivity index is 1.54. The van der Waals surface area contributed by atoms with Crippen LogP contribution in [-0.2, 0) is 9.84 Å². The van der Waals surface area contributed by atoms with Crippen LogP contribution in [0.5, 0.6) is 0 Å². The number of likely N-dealkylation sites (tertiary alicyclic amines) is 1. The van der Waals surface area contributed by atoms with Gasteiger partial charge in [0.25, 0.3) is 5.91 Å². The highest BCUT2D eigenvalue weighted by Crippen LogP contribution is 2.33. The van der Waals surface area contributed by atoms with E-state index in [0.29, 0.717) is 49.1 Å². The van der Waals surface area contributed by atoms with Crippen molar-refractivity contribution in [1.82, 2.24) is 19.9 Å². The highest BCUT2D eigenvalue weighted by molar-refractivity contribution is 7.90. The van der Waals surface area contributed by atoms with Crippen LogP contribution < -0.4 is 4.90 Å². The molecule has 4 rings (SSSR count). The van der Waals surface area contributed by atoms with E-state index in [0.717, 1.165) is 25.9 Å². The second kappa shape index (κ2) is 8.90. The number of carbonyl (C=O) groups excluding carboxylic acids is 1. The third-order valence-electron chi connectivity index (χ3n) is 6.31. The van der Waals surface area contributed by atoms with E-state index in [-0.39, 0.29) is 16.7 Å². The van der Waals surface area contributed by atoms with Crippen molar-refractivity contribution in [2.45, 2.75) is 43.4 Å². The molecule has 2 aliphatic rings. The van der Waals surface area contributed by atoms with Gasteiger partial charge in [-0.25, -0.2) is 18.4 Å². The molecule has 166 valence electrons. The van der Waals surface area contributed by atoms with Gasteiger partial charge in [-0.3, -0.25) is 9.78 Å². The molecule has 0 bridgehead atoms. The first-order valence-corrected chi connectivity index (χ1v) is 12.7. The van der Waals surface area contributed by atoms with Gasteiger partial charge in [0.05, 0.1) is 17.5 Å². The Morgan fingerprint density at radius 2 is 1.77 bits per heavy atom. The summed E-state index contributed by atoms with van der Waals surface area (Å²) in [6.45, 7) is 5.13. The second-order valence-electron chi connectivity index (χ2n) is 8.67. The molecule has 2 saturated heterocycles. The number of pyridine rings is 1. The van der Waals surface area contributed by atoms with Crippen molar-refractivity contribution in [3.8, 4) is 0 Å². The Morgan fingerprint density at radius 1 is 1.06 bits per heavy atom. The SMILES string of the molecule is CC1CCN(c2ncc(S(C)(=O)=O)c(C3CCN(C(=O)c4cccnc4)CC3)n2)CC1. The Bertz CT molecular complexity index is 1030. The molecule has 0 N–H and O–H groups in total. The van der Waals surface area contributed by atoms with E-state index >= 15 is 0 Å². The van der Waals surface area contributed by atoms with Crippen molar-refractivity contribution in [3.63, 3.8) is 0 Å². The molecule has 0 spiro atoms. The molecule has 4 heterocycles.